The highest BCUT2D eigenvalue weighted by molar-refractivity contribution is 7.92. The molecule has 0 atom stereocenters. The molecule has 0 radical (unpaired) electrons. The van der Waals surface area contributed by atoms with Crippen molar-refractivity contribution in [3.63, 3.8) is 0 Å². The maximum Gasteiger partial charge on any atom is 0.300 e. The van der Waals surface area contributed by atoms with Crippen molar-refractivity contribution in [2.45, 2.75) is 11.1 Å². The highest BCUT2D eigenvalue weighted by atomic mass is 35.5. The van der Waals surface area contributed by atoms with Gasteiger partial charge in [-0.15, -0.1) is 11.3 Å². The van der Waals surface area contributed by atoms with Crippen molar-refractivity contribution in [2.75, 3.05) is 18.8 Å². The SMILES string of the molecule is CCNS(=O)(=O)CCNS(=O)(=O)c1cc([N+](=O)[O-])c(Cl)s1. The fraction of sp³-hybridized carbons (Fsp3) is 0.500. The van der Waals surface area contributed by atoms with Crippen molar-refractivity contribution in [2.24, 2.45) is 0 Å². The summed E-state index contributed by atoms with van der Waals surface area (Å²) in [5.41, 5.74) is -0.512. The number of nitrogens with zero attached hydrogens (tertiary/aromatic N) is 1. The number of nitrogens with one attached hydrogen (secondary N) is 2. The van der Waals surface area contributed by atoms with Gasteiger partial charge in [0.05, 0.1) is 10.7 Å². The topological polar surface area (TPSA) is 135 Å². The van der Waals surface area contributed by atoms with E-state index in [-0.39, 0.29) is 21.6 Å². The Kier molecular flexibility index (Phi) is 6.07. The monoisotopic (exact) mass is 377 g/mol. The Morgan fingerprint density at radius 2 is 1.95 bits per heavy atom. The minimum atomic E-state index is -4.05. The molecule has 0 saturated carbocycles. The predicted molar refractivity (Wildman–Crippen MR) is 78.6 cm³/mol. The maximum atomic E-state index is 11.9. The first-order valence-corrected chi connectivity index (χ1v) is 9.83. The molecule has 0 saturated heterocycles. The predicted octanol–water partition coefficient (Wildman–Crippen LogP) is 0.527. The molecule has 2 N–H and O–H groups in total. The summed E-state index contributed by atoms with van der Waals surface area (Å²) in [5.74, 6) is -0.443. The normalized spacial score (nSPS) is 12.5. The van der Waals surface area contributed by atoms with Gasteiger partial charge in [0.1, 0.15) is 4.21 Å². The lowest BCUT2D eigenvalue weighted by molar-refractivity contribution is -0.384. The van der Waals surface area contributed by atoms with Crippen LogP contribution < -0.4 is 9.44 Å². The van der Waals surface area contributed by atoms with E-state index in [1.165, 1.54) is 0 Å². The summed E-state index contributed by atoms with van der Waals surface area (Å²) in [6.07, 6.45) is 0. The van der Waals surface area contributed by atoms with E-state index in [4.69, 9.17) is 11.6 Å². The molecule has 1 aromatic heterocycles. The number of hydrogen-bond acceptors (Lipinski definition) is 7. The van der Waals surface area contributed by atoms with Crippen LogP contribution in [-0.2, 0) is 20.0 Å². The van der Waals surface area contributed by atoms with Gasteiger partial charge in [-0.2, -0.15) is 0 Å². The summed E-state index contributed by atoms with van der Waals surface area (Å²) in [6.45, 7) is 1.43. The van der Waals surface area contributed by atoms with Crippen molar-refractivity contribution in [3.05, 3.63) is 20.5 Å². The Morgan fingerprint density at radius 1 is 1.33 bits per heavy atom. The van der Waals surface area contributed by atoms with E-state index in [1.807, 2.05) is 0 Å². The molecule has 1 aromatic rings. The molecule has 0 aromatic carbocycles. The molecule has 21 heavy (non-hydrogen) atoms. The van der Waals surface area contributed by atoms with Crippen molar-refractivity contribution in [1.29, 1.82) is 0 Å². The lowest BCUT2D eigenvalue weighted by Gasteiger charge is -2.05. The van der Waals surface area contributed by atoms with Gasteiger partial charge >= 0.3 is 0 Å². The molecule has 0 amide bonds. The highest BCUT2D eigenvalue weighted by Gasteiger charge is 2.25. The Morgan fingerprint density at radius 3 is 2.43 bits per heavy atom. The molecule has 0 unspecified atom stereocenters. The number of hydrogen-bond donors (Lipinski definition) is 2. The number of rotatable bonds is 8. The van der Waals surface area contributed by atoms with Gasteiger partial charge in [-0.1, -0.05) is 18.5 Å². The fourth-order valence-electron chi connectivity index (χ4n) is 1.27. The van der Waals surface area contributed by atoms with E-state index in [0.717, 1.165) is 6.07 Å². The van der Waals surface area contributed by atoms with Crippen LogP contribution in [0, 0.1) is 10.1 Å². The fourth-order valence-corrected chi connectivity index (χ4v) is 5.09. The van der Waals surface area contributed by atoms with Crippen molar-refractivity contribution < 1.29 is 21.8 Å². The number of halogens is 1. The molecule has 0 aliphatic carbocycles. The van der Waals surface area contributed by atoms with Crippen molar-refractivity contribution in [3.8, 4) is 0 Å². The molecule has 13 heteroatoms. The molecule has 0 fully saturated rings. The lowest BCUT2D eigenvalue weighted by atomic mass is 10.6. The molecule has 9 nitrogen and oxygen atoms in total. The van der Waals surface area contributed by atoms with E-state index < -0.39 is 36.4 Å². The Labute approximate surface area is 130 Å². The third kappa shape index (κ3) is 5.16. The van der Waals surface area contributed by atoms with E-state index in [9.17, 15) is 26.9 Å². The van der Waals surface area contributed by atoms with Crippen LogP contribution in [0.2, 0.25) is 4.34 Å². The highest BCUT2D eigenvalue weighted by Crippen LogP contribution is 2.35. The van der Waals surface area contributed by atoms with Crippen molar-refractivity contribution >= 4 is 48.7 Å². The zero-order chi connectivity index (χ0) is 16.3. The van der Waals surface area contributed by atoms with Crippen LogP contribution in [0.3, 0.4) is 0 Å². The summed E-state index contributed by atoms with van der Waals surface area (Å²) in [4.78, 5) is 9.81. The summed E-state index contributed by atoms with van der Waals surface area (Å²) in [7, 11) is -7.61. The van der Waals surface area contributed by atoms with Crippen LogP contribution in [0.4, 0.5) is 5.69 Å². The summed E-state index contributed by atoms with van der Waals surface area (Å²) in [6, 6.07) is 0.828. The molecule has 0 bridgehead atoms. The van der Waals surface area contributed by atoms with Gasteiger partial charge in [-0.05, 0) is 0 Å². The van der Waals surface area contributed by atoms with Crippen LogP contribution in [0.25, 0.3) is 0 Å². The third-order valence-electron chi connectivity index (χ3n) is 2.13. The Hall–Kier alpha value is -0.790. The molecular weight excluding hydrogens is 366 g/mol. The second-order valence-corrected chi connectivity index (χ2v) is 9.27. The summed E-state index contributed by atoms with van der Waals surface area (Å²) >= 11 is 6.10. The van der Waals surface area contributed by atoms with Gasteiger partial charge in [0.25, 0.3) is 5.69 Å². The smallest absolute Gasteiger partial charge is 0.258 e. The van der Waals surface area contributed by atoms with Crippen LogP contribution in [0.5, 0.6) is 0 Å². The lowest BCUT2D eigenvalue weighted by Crippen LogP contribution is -2.34. The van der Waals surface area contributed by atoms with Crippen LogP contribution in [0.1, 0.15) is 6.92 Å². The second-order valence-electron chi connectivity index (χ2n) is 3.70. The van der Waals surface area contributed by atoms with Crippen molar-refractivity contribution in [1.82, 2.24) is 9.44 Å². The molecule has 120 valence electrons. The van der Waals surface area contributed by atoms with E-state index >= 15 is 0 Å². The first kappa shape index (κ1) is 18.3. The molecule has 0 aliphatic rings. The number of thiophene rings is 1. The number of sulfonamides is 2. The minimum absolute atomic E-state index is 0.196. The first-order chi connectivity index (χ1) is 9.59. The zero-order valence-electron chi connectivity index (χ0n) is 10.7. The van der Waals surface area contributed by atoms with Gasteiger partial charge in [0, 0.05) is 19.2 Å². The summed E-state index contributed by atoms with van der Waals surface area (Å²) < 4.78 is 50.1. The Bertz CT molecular complexity index is 726. The van der Waals surface area contributed by atoms with Crippen LogP contribution in [0.15, 0.2) is 10.3 Å². The molecule has 1 heterocycles. The third-order valence-corrected chi connectivity index (χ3v) is 6.88. The second kappa shape index (κ2) is 6.98. The molecule has 0 spiro atoms. The molecular formula is C8H12ClN3O6S3. The zero-order valence-corrected chi connectivity index (χ0v) is 13.9. The van der Waals surface area contributed by atoms with E-state index in [2.05, 4.69) is 9.44 Å². The quantitative estimate of drug-likeness (QED) is 0.501. The van der Waals surface area contributed by atoms with E-state index in [0.29, 0.717) is 11.3 Å². The van der Waals surface area contributed by atoms with Gasteiger partial charge < -0.3 is 0 Å². The molecule has 0 aliphatic heterocycles. The number of nitro groups is 1. The molecule has 1 rings (SSSR count). The van der Waals surface area contributed by atoms with Crippen LogP contribution in [-0.4, -0.2) is 40.6 Å². The van der Waals surface area contributed by atoms with Gasteiger partial charge in [0.2, 0.25) is 20.0 Å². The summed E-state index contributed by atoms with van der Waals surface area (Å²) in [5, 5.41) is 10.6. The largest absolute Gasteiger partial charge is 0.300 e. The average molecular weight is 378 g/mol. The minimum Gasteiger partial charge on any atom is -0.258 e. The maximum absolute atomic E-state index is 11.9. The van der Waals surface area contributed by atoms with E-state index in [1.54, 1.807) is 6.92 Å². The van der Waals surface area contributed by atoms with Gasteiger partial charge in [-0.3, -0.25) is 10.1 Å². The Balaban J connectivity index is 2.79. The van der Waals surface area contributed by atoms with Gasteiger partial charge in [0.15, 0.2) is 4.34 Å². The standard InChI is InChI=1S/C8H12ClN3O6S3/c1-2-10-20(15,16)4-3-11-21(17,18)7-5-6(12(13)14)8(9)19-7/h5,10-11H,2-4H2,1H3. The average Bonchev–Trinajstić information content (AvgIpc) is 2.71. The first-order valence-electron chi connectivity index (χ1n) is 5.50. The van der Waals surface area contributed by atoms with Crippen LogP contribution >= 0.6 is 22.9 Å². The van der Waals surface area contributed by atoms with Gasteiger partial charge in [-0.25, -0.2) is 26.3 Å².